The second kappa shape index (κ2) is 8.34. The zero-order chi connectivity index (χ0) is 17.5. The van der Waals surface area contributed by atoms with Crippen molar-refractivity contribution in [2.45, 2.75) is 33.3 Å². The van der Waals surface area contributed by atoms with E-state index < -0.39 is 5.60 Å². The second-order valence-electron chi connectivity index (χ2n) is 6.38. The molecule has 0 aromatic heterocycles. The molecule has 126 valence electrons. The first kappa shape index (κ1) is 18.7. The standard InChI is InChI=1S/C16H24N2O2.CO2/c1-13-6-5-7-14(12-13)17-8-10-18(11-9-17)15(19)20-16(2,3)4;2-1-3/h5-7,12H,8-11H2,1-4H3;. The molecule has 0 N–H and O–H groups in total. The lowest BCUT2D eigenvalue weighted by atomic mass is 10.2. The van der Waals surface area contributed by atoms with Crippen molar-refractivity contribution >= 4 is 17.9 Å². The van der Waals surface area contributed by atoms with Gasteiger partial charge in [0.1, 0.15) is 5.60 Å². The molecule has 1 aromatic rings. The third-order valence-electron chi connectivity index (χ3n) is 3.30. The van der Waals surface area contributed by atoms with E-state index in [4.69, 9.17) is 14.3 Å². The van der Waals surface area contributed by atoms with Gasteiger partial charge in [-0.2, -0.15) is 9.59 Å². The van der Waals surface area contributed by atoms with Gasteiger partial charge in [0.05, 0.1) is 0 Å². The lowest BCUT2D eigenvalue weighted by molar-refractivity contribution is -0.191. The molecule has 1 amide bonds. The first-order chi connectivity index (χ1) is 10.8. The SMILES string of the molecule is Cc1cccc(N2CCN(C(=O)OC(C)(C)C)CC2)c1.O=C=O. The normalized spacial score (nSPS) is 14.4. The van der Waals surface area contributed by atoms with Crippen LogP contribution in [0.2, 0.25) is 0 Å². The molecule has 0 bridgehead atoms. The van der Waals surface area contributed by atoms with E-state index in [1.807, 2.05) is 20.8 Å². The van der Waals surface area contributed by atoms with E-state index in [2.05, 4.69) is 36.1 Å². The molecule has 1 aliphatic heterocycles. The van der Waals surface area contributed by atoms with Gasteiger partial charge in [0, 0.05) is 31.9 Å². The Bertz CT molecular complexity index is 552. The average molecular weight is 320 g/mol. The molecule has 1 aromatic carbocycles. The van der Waals surface area contributed by atoms with Crippen molar-refractivity contribution in [2.24, 2.45) is 0 Å². The molecule has 2 rings (SSSR count). The van der Waals surface area contributed by atoms with Gasteiger partial charge < -0.3 is 14.5 Å². The Balaban J connectivity index is 0.000000816. The summed E-state index contributed by atoms with van der Waals surface area (Å²) in [6, 6.07) is 8.48. The van der Waals surface area contributed by atoms with E-state index >= 15 is 0 Å². The highest BCUT2D eigenvalue weighted by molar-refractivity contribution is 5.68. The number of rotatable bonds is 1. The summed E-state index contributed by atoms with van der Waals surface area (Å²) in [5.41, 5.74) is 2.07. The average Bonchev–Trinajstić information content (AvgIpc) is 2.46. The predicted octanol–water partition coefficient (Wildman–Crippen LogP) is 2.47. The topological polar surface area (TPSA) is 66.9 Å². The maximum atomic E-state index is 12.0. The third-order valence-corrected chi connectivity index (χ3v) is 3.30. The van der Waals surface area contributed by atoms with Crippen molar-refractivity contribution in [2.75, 3.05) is 31.1 Å². The number of hydrogen-bond acceptors (Lipinski definition) is 5. The fourth-order valence-electron chi connectivity index (χ4n) is 2.30. The first-order valence-electron chi connectivity index (χ1n) is 7.55. The largest absolute Gasteiger partial charge is 0.444 e. The van der Waals surface area contributed by atoms with Crippen LogP contribution in [0.1, 0.15) is 26.3 Å². The van der Waals surface area contributed by atoms with E-state index in [1.54, 1.807) is 4.90 Å². The lowest BCUT2D eigenvalue weighted by Crippen LogP contribution is -2.50. The number of aryl methyl sites for hydroxylation is 1. The Morgan fingerprint density at radius 3 is 2.17 bits per heavy atom. The highest BCUT2D eigenvalue weighted by Crippen LogP contribution is 2.19. The smallest absolute Gasteiger partial charge is 0.410 e. The number of hydrogen-bond donors (Lipinski definition) is 0. The number of carbonyl (C=O) groups is 1. The van der Waals surface area contributed by atoms with Crippen LogP contribution in [0.5, 0.6) is 0 Å². The zero-order valence-electron chi connectivity index (χ0n) is 14.2. The molecule has 0 spiro atoms. The summed E-state index contributed by atoms with van der Waals surface area (Å²) in [7, 11) is 0. The molecular formula is C17H24N2O4. The molecule has 1 saturated heterocycles. The molecule has 0 radical (unpaired) electrons. The number of nitrogens with zero attached hydrogens (tertiary/aromatic N) is 2. The van der Waals surface area contributed by atoms with Crippen LogP contribution in [0.25, 0.3) is 0 Å². The molecule has 23 heavy (non-hydrogen) atoms. The zero-order valence-corrected chi connectivity index (χ0v) is 14.2. The summed E-state index contributed by atoms with van der Waals surface area (Å²) >= 11 is 0. The molecular weight excluding hydrogens is 296 g/mol. The maximum Gasteiger partial charge on any atom is 0.410 e. The van der Waals surface area contributed by atoms with E-state index in [0.29, 0.717) is 13.1 Å². The van der Waals surface area contributed by atoms with Crippen LogP contribution in [0.4, 0.5) is 10.5 Å². The van der Waals surface area contributed by atoms with Crippen molar-refractivity contribution in [3.8, 4) is 0 Å². The number of benzene rings is 1. The molecule has 0 aliphatic carbocycles. The van der Waals surface area contributed by atoms with Crippen LogP contribution < -0.4 is 4.90 Å². The van der Waals surface area contributed by atoms with Gasteiger partial charge in [-0.3, -0.25) is 0 Å². The molecule has 0 unspecified atom stereocenters. The fourth-order valence-corrected chi connectivity index (χ4v) is 2.30. The Morgan fingerprint density at radius 2 is 1.70 bits per heavy atom. The van der Waals surface area contributed by atoms with E-state index in [1.165, 1.54) is 11.3 Å². The highest BCUT2D eigenvalue weighted by atomic mass is 16.6. The molecule has 6 nitrogen and oxygen atoms in total. The molecule has 1 fully saturated rings. The minimum atomic E-state index is -0.426. The Kier molecular flexibility index (Phi) is 6.79. The van der Waals surface area contributed by atoms with Gasteiger partial charge in [-0.1, -0.05) is 12.1 Å². The van der Waals surface area contributed by atoms with Crippen LogP contribution >= 0.6 is 0 Å². The van der Waals surface area contributed by atoms with Crippen LogP contribution in [-0.4, -0.2) is 48.9 Å². The minimum absolute atomic E-state index is 0.207. The quantitative estimate of drug-likeness (QED) is 0.795. The third kappa shape index (κ3) is 6.53. The Hall–Kier alpha value is -2.33. The van der Waals surface area contributed by atoms with E-state index in [0.717, 1.165) is 13.1 Å². The number of amides is 1. The van der Waals surface area contributed by atoms with Gasteiger partial charge in [0.25, 0.3) is 0 Å². The summed E-state index contributed by atoms with van der Waals surface area (Å²) in [5.74, 6) is 0. The van der Waals surface area contributed by atoms with Crippen LogP contribution in [0, 0.1) is 6.92 Å². The monoisotopic (exact) mass is 320 g/mol. The number of ether oxygens (including phenoxy) is 1. The van der Waals surface area contributed by atoms with E-state index in [-0.39, 0.29) is 12.2 Å². The summed E-state index contributed by atoms with van der Waals surface area (Å²) in [6.07, 6.45) is 0.0430. The molecule has 6 heteroatoms. The van der Waals surface area contributed by atoms with Crippen molar-refractivity contribution in [3.63, 3.8) is 0 Å². The number of piperazine rings is 1. The van der Waals surface area contributed by atoms with Gasteiger partial charge in [-0.05, 0) is 45.4 Å². The fraction of sp³-hybridized carbons (Fsp3) is 0.529. The summed E-state index contributed by atoms with van der Waals surface area (Å²) in [5, 5.41) is 0. The van der Waals surface area contributed by atoms with Gasteiger partial charge >= 0.3 is 12.2 Å². The highest BCUT2D eigenvalue weighted by Gasteiger charge is 2.25. The number of anilines is 1. The maximum absolute atomic E-state index is 12.0. The van der Waals surface area contributed by atoms with Crippen LogP contribution in [-0.2, 0) is 14.3 Å². The van der Waals surface area contributed by atoms with Gasteiger partial charge in [0.2, 0.25) is 0 Å². The lowest BCUT2D eigenvalue weighted by Gasteiger charge is -2.36. The first-order valence-corrected chi connectivity index (χ1v) is 7.55. The van der Waals surface area contributed by atoms with Gasteiger partial charge in [0.15, 0.2) is 0 Å². The summed E-state index contributed by atoms with van der Waals surface area (Å²) in [4.78, 5) is 32.3. The Morgan fingerprint density at radius 1 is 1.13 bits per heavy atom. The van der Waals surface area contributed by atoms with Crippen LogP contribution in [0.15, 0.2) is 24.3 Å². The molecule has 0 atom stereocenters. The van der Waals surface area contributed by atoms with Crippen LogP contribution in [0.3, 0.4) is 0 Å². The second-order valence-corrected chi connectivity index (χ2v) is 6.38. The molecule has 1 heterocycles. The van der Waals surface area contributed by atoms with E-state index in [9.17, 15) is 4.79 Å². The van der Waals surface area contributed by atoms with Gasteiger partial charge in [-0.15, -0.1) is 0 Å². The summed E-state index contributed by atoms with van der Waals surface area (Å²) < 4.78 is 5.41. The predicted molar refractivity (Wildman–Crippen MR) is 86.2 cm³/mol. The summed E-state index contributed by atoms with van der Waals surface area (Å²) in [6.45, 7) is 10.9. The minimum Gasteiger partial charge on any atom is -0.444 e. The number of carbonyl (C=O) groups excluding carboxylic acids is 3. The molecule has 0 saturated carbocycles. The van der Waals surface area contributed by atoms with Gasteiger partial charge in [-0.25, -0.2) is 4.79 Å². The van der Waals surface area contributed by atoms with Crippen molar-refractivity contribution in [1.29, 1.82) is 0 Å². The molecule has 1 aliphatic rings. The Labute approximate surface area is 137 Å². The van der Waals surface area contributed by atoms with Crippen molar-refractivity contribution < 1.29 is 19.1 Å². The van der Waals surface area contributed by atoms with Crippen molar-refractivity contribution in [1.82, 2.24) is 4.90 Å². The van der Waals surface area contributed by atoms with Crippen molar-refractivity contribution in [3.05, 3.63) is 29.8 Å².